The van der Waals surface area contributed by atoms with Gasteiger partial charge in [-0.25, -0.2) is 4.39 Å². The molecule has 0 aromatic heterocycles. The molecule has 120 valence electrons. The van der Waals surface area contributed by atoms with Crippen LogP contribution in [0.25, 0.3) is 0 Å². The normalized spacial score (nSPS) is 12.8. The van der Waals surface area contributed by atoms with Crippen LogP contribution in [-0.2, 0) is 0 Å². The van der Waals surface area contributed by atoms with E-state index in [4.69, 9.17) is 0 Å². The summed E-state index contributed by atoms with van der Waals surface area (Å²) in [5, 5.41) is 3.50. The van der Waals surface area contributed by atoms with Crippen LogP contribution in [0.1, 0.15) is 70.8 Å². The second-order valence-electron chi connectivity index (χ2n) is 6.47. The molecule has 21 heavy (non-hydrogen) atoms. The number of unbranched alkanes of at least 4 members (excludes halogenated alkanes) is 4. The van der Waals surface area contributed by atoms with Gasteiger partial charge >= 0.3 is 0 Å². The Hall–Kier alpha value is -0.890. The molecule has 1 N–H and O–H groups in total. The van der Waals surface area contributed by atoms with Crippen LogP contribution in [0.5, 0.6) is 0 Å². The van der Waals surface area contributed by atoms with Gasteiger partial charge in [-0.2, -0.15) is 0 Å². The zero-order valence-electron chi connectivity index (χ0n) is 14.0. The minimum Gasteiger partial charge on any atom is -0.316 e. The van der Waals surface area contributed by atoms with Gasteiger partial charge in [-0.15, -0.1) is 0 Å². The molecule has 0 aliphatic heterocycles. The van der Waals surface area contributed by atoms with E-state index < -0.39 is 0 Å². The largest absolute Gasteiger partial charge is 0.316 e. The van der Waals surface area contributed by atoms with Crippen molar-refractivity contribution in [1.29, 1.82) is 0 Å². The smallest absolute Gasteiger partial charge is 0.126 e. The fraction of sp³-hybridized carbons (Fsp3) is 0.684. The van der Waals surface area contributed by atoms with E-state index in [1.165, 1.54) is 32.1 Å². The zero-order chi connectivity index (χ0) is 15.5. The van der Waals surface area contributed by atoms with Crippen molar-refractivity contribution in [3.63, 3.8) is 0 Å². The molecular formula is C19H32FN. The van der Waals surface area contributed by atoms with Crippen LogP contribution in [0, 0.1) is 11.7 Å². The lowest BCUT2D eigenvalue weighted by Crippen LogP contribution is -2.26. The average Bonchev–Trinajstić information content (AvgIpc) is 2.45. The topological polar surface area (TPSA) is 12.0 Å². The van der Waals surface area contributed by atoms with Crippen molar-refractivity contribution >= 4 is 0 Å². The molecule has 1 atom stereocenters. The average molecular weight is 293 g/mol. The first-order valence-electron chi connectivity index (χ1n) is 8.60. The molecule has 1 nitrogen and oxygen atoms in total. The summed E-state index contributed by atoms with van der Waals surface area (Å²) >= 11 is 0. The molecule has 0 fully saturated rings. The maximum atomic E-state index is 14.0. The standard InChI is InChI=1S/C19H32FN/c1-4-5-6-7-8-11-17(15-21-14-16(2)3)18-12-9-10-13-19(18)20/h9-10,12-13,16-17,21H,4-8,11,14-15H2,1-3H3. The van der Waals surface area contributed by atoms with Crippen molar-refractivity contribution in [2.75, 3.05) is 13.1 Å². The summed E-state index contributed by atoms with van der Waals surface area (Å²) in [6, 6.07) is 7.26. The van der Waals surface area contributed by atoms with Crippen molar-refractivity contribution in [3.05, 3.63) is 35.6 Å². The summed E-state index contributed by atoms with van der Waals surface area (Å²) < 4.78 is 14.0. The van der Waals surface area contributed by atoms with Gasteiger partial charge in [-0.05, 0) is 36.4 Å². The van der Waals surface area contributed by atoms with Gasteiger partial charge in [0.1, 0.15) is 5.82 Å². The SMILES string of the molecule is CCCCCCCC(CNCC(C)C)c1ccccc1F. The van der Waals surface area contributed by atoms with Crippen LogP contribution in [-0.4, -0.2) is 13.1 Å². The number of benzene rings is 1. The second-order valence-corrected chi connectivity index (χ2v) is 6.47. The molecule has 0 bridgehead atoms. The summed E-state index contributed by atoms with van der Waals surface area (Å²) in [4.78, 5) is 0. The molecule has 0 radical (unpaired) electrons. The molecule has 1 aromatic carbocycles. The third-order valence-electron chi connectivity index (χ3n) is 3.94. The molecular weight excluding hydrogens is 261 g/mol. The van der Waals surface area contributed by atoms with Crippen LogP contribution < -0.4 is 5.32 Å². The van der Waals surface area contributed by atoms with Gasteiger partial charge in [0.2, 0.25) is 0 Å². The van der Waals surface area contributed by atoms with Crippen LogP contribution in [0.15, 0.2) is 24.3 Å². The Bertz CT molecular complexity index is 376. The van der Waals surface area contributed by atoms with E-state index in [9.17, 15) is 4.39 Å². The van der Waals surface area contributed by atoms with Crippen molar-refractivity contribution in [2.45, 2.75) is 65.2 Å². The lowest BCUT2D eigenvalue weighted by Gasteiger charge is -2.19. The Morgan fingerprint density at radius 3 is 2.38 bits per heavy atom. The van der Waals surface area contributed by atoms with E-state index in [1.54, 1.807) is 12.1 Å². The first kappa shape index (κ1) is 18.2. The molecule has 0 saturated carbocycles. The Kier molecular flexibility index (Phi) is 9.32. The maximum absolute atomic E-state index is 14.0. The molecule has 0 amide bonds. The minimum absolute atomic E-state index is 0.0533. The monoisotopic (exact) mass is 293 g/mol. The lowest BCUT2D eigenvalue weighted by molar-refractivity contribution is 0.467. The van der Waals surface area contributed by atoms with Gasteiger partial charge in [0, 0.05) is 6.54 Å². The predicted octanol–water partition coefficient (Wildman–Crippen LogP) is 5.52. The summed E-state index contributed by atoms with van der Waals surface area (Å²) in [6.45, 7) is 8.53. The fourth-order valence-electron chi connectivity index (χ4n) is 2.71. The molecule has 1 rings (SSSR count). The van der Waals surface area contributed by atoms with E-state index in [1.807, 2.05) is 12.1 Å². The summed E-state index contributed by atoms with van der Waals surface area (Å²) in [5.41, 5.74) is 0.879. The van der Waals surface area contributed by atoms with Gasteiger partial charge in [0.05, 0.1) is 0 Å². The van der Waals surface area contributed by atoms with Gasteiger partial charge < -0.3 is 5.32 Å². The Morgan fingerprint density at radius 1 is 1.00 bits per heavy atom. The van der Waals surface area contributed by atoms with Gasteiger partial charge in [0.25, 0.3) is 0 Å². The first-order chi connectivity index (χ1) is 10.1. The molecule has 0 aliphatic carbocycles. The van der Waals surface area contributed by atoms with Crippen LogP contribution in [0.2, 0.25) is 0 Å². The third-order valence-corrected chi connectivity index (χ3v) is 3.94. The number of halogens is 1. The van der Waals surface area contributed by atoms with E-state index in [0.29, 0.717) is 11.8 Å². The van der Waals surface area contributed by atoms with Crippen LogP contribution in [0.3, 0.4) is 0 Å². The van der Waals surface area contributed by atoms with Crippen molar-refractivity contribution in [1.82, 2.24) is 5.32 Å². The Morgan fingerprint density at radius 2 is 1.71 bits per heavy atom. The molecule has 1 aromatic rings. The van der Waals surface area contributed by atoms with Crippen molar-refractivity contribution in [3.8, 4) is 0 Å². The second kappa shape index (κ2) is 10.8. The van der Waals surface area contributed by atoms with E-state index in [-0.39, 0.29) is 5.82 Å². The van der Waals surface area contributed by atoms with Gasteiger partial charge in [-0.1, -0.05) is 71.1 Å². The van der Waals surface area contributed by atoms with E-state index in [0.717, 1.165) is 25.1 Å². The third kappa shape index (κ3) is 7.61. The van der Waals surface area contributed by atoms with Crippen LogP contribution >= 0.6 is 0 Å². The molecule has 0 saturated heterocycles. The highest BCUT2D eigenvalue weighted by atomic mass is 19.1. The summed E-state index contributed by atoms with van der Waals surface area (Å²) in [7, 11) is 0. The number of nitrogens with one attached hydrogen (secondary N) is 1. The zero-order valence-corrected chi connectivity index (χ0v) is 14.0. The molecule has 0 spiro atoms. The number of hydrogen-bond acceptors (Lipinski definition) is 1. The highest BCUT2D eigenvalue weighted by Gasteiger charge is 2.15. The maximum Gasteiger partial charge on any atom is 0.126 e. The fourth-order valence-corrected chi connectivity index (χ4v) is 2.71. The molecule has 0 aliphatic rings. The molecule has 0 heterocycles. The number of hydrogen-bond donors (Lipinski definition) is 1. The van der Waals surface area contributed by atoms with Crippen LogP contribution in [0.4, 0.5) is 4.39 Å². The number of rotatable bonds is 11. The Balaban J connectivity index is 2.51. The van der Waals surface area contributed by atoms with E-state index >= 15 is 0 Å². The van der Waals surface area contributed by atoms with Gasteiger partial charge in [0.15, 0.2) is 0 Å². The summed E-state index contributed by atoms with van der Waals surface area (Å²) in [5.74, 6) is 0.879. The first-order valence-corrected chi connectivity index (χ1v) is 8.60. The van der Waals surface area contributed by atoms with Crippen molar-refractivity contribution < 1.29 is 4.39 Å². The summed E-state index contributed by atoms with van der Waals surface area (Å²) in [6.07, 6.45) is 7.43. The molecule has 2 heteroatoms. The minimum atomic E-state index is -0.0533. The van der Waals surface area contributed by atoms with E-state index in [2.05, 4.69) is 26.1 Å². The lowest BCUT2D eigenvalue weighted by atomic mass is 9.92. The predicted molar refractivity (Wildman–Crippen MR) is 90.2 cm³/mol. The van der Waals surface area contributed by atoms with Crippen molar-refractivity contribution in [2.24, 2.45) is 5.92 Å². The quantitative estimate of drug-likeness (QED) is 0.530. The molecule has 1 unspecified atom stereocenters. The van der Waals surface area contributed by atoms with Gasteiger partial charge in [-0.3, -0.25) is 0 Å². The Labute approximate surface area is 130 Å². The highest BCUT2D eigenvalue weighted by Crippen LogP contribution is 2.24. The highest BCUT2D eigenvalue weighted by molar-refractivity contribution is 5.22.